The lowest BCUT2D eigenvalue weighted by Gasteiger charge is -2.00. The highest BCUT2D eigenvalue weighted by atomic mass is 32.2. The molecular formula is C10H10N4O2S. The van der Waals surface area contributed by atoms with Crippen molar-refractivity contribution in [3.8, 4) is 0 Å². The molecule has 0 bridgehead atoms. The number of nitrogens with two attached hydrogens (primary N) is 1. The lowest BCUT2D eigenvalue weighted by atomic mass is 10.2. The molecule has 0 saturated heterocycles. The zero-order valence-electron chi connectivity index (χ0n) is 8.77. The van der Waals surface area contributed by atoms with Crippen molar-refractivity contribution in [3.05, 3.63) is 50.7 Å². The van der Waals surface area contributed by atoms with E-state index in [1.165, 1.54) is 11.8 Å². The highest BCUT2D eigenvalue weighted by molar-refractivity contribution is 7.98. The molecule has 0 atom stereocenters. The SMILES string of the molecule is Nc1ccc(CSc2n[nH]c(=O)[nH]c2=O)cc1. The van der Waals surface area contributed by atoms with Crippen LogP contribution in [0, 0.1) is 0 Å². The highest BCUT2D eigenvalue weighted by Crippen LogP contribution is 2.17. The summed E-state index contributed by atoms with van der Waals surface area (Å²) < 4.78 is 0. The average molecular weight is 250 g/mol. The van der Waals surface area contributed by atoms with Gasteiger partial charge < -0.3 is 5.73 Å². The first-order valence-electron chi connectivity index (χ1n) is 4.81. The molecule has 0 aliphatic heterocycles. The van der Waals surface area contributed by atoms with Crippen LogP contribution in [0.15, 0.2) is 38.9 Å². The van der Waals surface area contributed by atoms with Gasteiger partial charge in [-0.05, 0) is 17.7 Å². The van der Waals surface area contributed by atoms with Crippen LogP contribution in [-0.2, 0) is 5.75 Å². The molecule has 0 aliphatic carbocycles. The van der Waals surface area contributed by atoms with Crippen LogP contribution < -0.4 is 17.0 Å². The number of thioether (sulfide) groups is 1. The number of hydrogen-bond acceptors (Lipinski definition) is 5. The summed E-state index contributed by atoms with van der Waals surface area (Å²) in [7, 11) is 0. The Kier molecular flexibility index (Phi) is 3.29. The van der Waals surface area contributed by atoms with Crippen molar-refractivity contribution in [3.63, 3.8) is 0 Å². The summed E-state index contributed by atoms with van der Waals surface area (Å²) in [4.78, 5) is 24.2. The zero-order chi connectivity index (χ0) is 12.3. The van der Waals surface area contributed by atoms with Crippen LogP contribution in [0.1, 0.15) is 5.56 Å². The van der Waals surface area contributed by atoms with E-state index in [4.69, 9.17) is 5.73 Å². The van der Waals surface area contributed by atoms with Crippen LogP contribution in [-0.4, -0.2) is 15.2 Å². The predicted molar refractivity (Wildman–Crippen MR) is 65.9 cm³/mol. The molecule has 2 rings (SSSR count). The van der Waals surface area contributed by atoms with Crippen molar-refractivity contribution in [2.75, 3.05) is 5.73 Å². The second-order valence-electron chi connectivity index (χ2n) is 3.34. The van der Waals surface area contributed by atoms with Gasteiger partial charge in [-0.2, -0.15) is 5.10 Å². The third-order valence-corrected chi connectivity index (χ3v) is 3.06. The third kappa shape index (κ3) is 2.97. The largest absolute Gasteiger partial charge is 0.399 e. The molecule has 0 amide bonds. The summed E-state index contributed by atoms with van der Waals surface area (Å²) in [5, 5.41) is 6.09. The van der Waals surface area contributed by atoms with Gasteiger partial charge in [0.2, 0.25) is 0 Å². The fraction of sp³-hybridized carbons (Fsp3) is 0.100. The van der Waals surface area contributed by atoms with E-state index < -0.39 is 11.2 Å². The molecule has 0 unspecified atom stereocenters. The molecule has 0 radical (unpaired) electrons. The monoisotopic (exact) mass is 250 g/mol. The van der Waals surface area contributed by atoms with Gasteiger partial charge in [-0.1, -0.05) is 23.9 Å². The summed E-state index contributed by atoms with van der Waals surface area (Å²) in [6, 6.07) is 7.34. The molecule has 1 heterocycles. The van der Waals surface area contributed by atoms with Crippen LogP contribution in [0.5, 0.6) is 0 Å². The van der Waals surface area contributed by atoms with Gasteiger partial charge in [-0.25, -0.2) is 9.89 Å². The van der Waals surface area contributed by atoms with Gasteiger partial charge in [0.15, 0.2) is 5.03 Å². The van der Waals surface area contributed by atoms with Crippen molar-refractivity contribution in [2.24, 2.45) is 0 Å². The predicted octanol–water partition coefficient (Wildman–Crippen LogP) is 0.333. The number of rotatable bonds is 3. The highest BCUT2D eigenvalue weighted by Gasteiger charge is 2.03. The Morgan fingerprint density at radius 1 is 1.24 bits per heavy atom. The molecule has 2 aromatic rings. The van der Waals surface area contributed by atoms with Crippen molar-refractivity contribution < 1.29 is 0 Å². The number of nitrogen functional groups attached to an aromatic ring is 1. The first kappa shape index (κ1) is 11.5. The molecule has 0 spiro atoms. The smallest absolute Gasteiger partial charge is 0.342 e. The van der Waals surface area contributed by atoms with E-state index in [-0.39, 0.29) is 5.03 Å². The Balaban J connectivity index is 2.10. The van der Waals surface area contributed by atoms with Gasteiger partial charge in [-0.3, -0.25) is 9.78 Å². The fourth-order valence-corrected chi connectivity index (χ4v) is 1.99. The molecular weight excluding hydrogens is 240 g/mol. The van der Waals surface area contributed by atoms with E-state index in [9.17, 15) is 9.59 Å². The molecule has 7 heteroatoms. The average Bonchev–Trinajstić information content (AvgIpc) is 2.30. The minimum absolute atomic E-state index is 0.237. The number of anilines is 1. The maximum atomic E-state index is 11.3. The fourth-order valence-electron chi connectivity index (χ4n) is 1.20. The lowest BCUT2D eigenvalue weighted by molar-refractivity contribution is 0.807. The number of nitrogens with zero attached hydrogens (tertiary/aromatic N) is 1. The Hall–Kier alpha value is -2.02. The number of aromatic nitrogens is 3. The summed E-state index contributed by atoms with van der Waals surface area (Å²) in [5.41, 5.74) is 6.20. The van der Waals surface area contributed by atoms with Gasteiger partial charge in [0.1, 0.15) is 0 Å². The van der Waals surface area contributed by atoms with Gasteiger partial charge in [0.25, 0.3) is 5.56 Å². The summed E-state index contributed by atoms with van der Waals surface area (Å²) in [5.74, 6) is 0.586. The van der Waals surface area contributed by atoms with Gasteiger partial charge in [0.05, 0.1) is 0 Å². The van der Waals surface area contributed by atoms with Gasteiger partial charge >= 0.3 is 5.69 Å². The summed E-state index contributed by atoms with van der Waals surface area (Å²) in [6.07, 6.45) is 0. The van der Waals surface area contributed by atoms with Crippen LogP contribution in [0.2, 0.25) is 0 Å². The molecule has 1 aromatic heterocycles. The molecule has 4 N–H and O–H groups in total. The second-order valence-corrected chi connectivity index (χ2v) is 4.31. The van der Waals surface area contributed by atoms with Crippen molar-refractivity contribution in [1.82, 2.24) is 15.2 Å². The van der Waals surface area contributed by atoms with Crippen LogP contribution in [0.4, 0.5) is 5.69 Å². The number of nitrogens with one attached hydrogen (secondary N) is 2. The normalized spacial score (nSPS) is 10.4. The quantitative estimate of drug-likeness (QED) is 0.538. The number of benzene rings is 1. The number of H-pyrrole nitrogens is 2. The second kappa shape index (κ2) is 4.88. The maximum absolute atomic E-state index is 11.3. The Morgan fingerprint density at radius 2 is 1.94 bits per heavy atom. The molecule has 0 saturated carbocycles. The minimum Gasteiger partial charge on any atom is -0.399 e. The van der Waals surface area contributed by atoms with E-state index in [1.807, 2.05) is 12.1 Å². The molecule has 1 aromatic carbocycles. The topological polar surface area (TPSA) is 105 Å². The Morgan fingerprint density at radius 3 is 2.59 bits per heavy atom. The third-order valence-electron chi connectivity index (χ3n) is 2.04. The summed E-state index contributed by atoms with van der Waals surface area (Å²) in [6.45, 7) is 0. The van der Waals surface area contributed by atoms with Gasteiger partial charge in [0, 0.05) is 11.4 Å². The number of aromatic amines is 2. The zero-order valence-corrected chi connectivity index (χ0v) is 9.58. The van der Waals surface area contributed by atoms with Gasteiger partial charge in [-0.15, -0.1) is 0 Å². The molecule has 17 heavy (non-hydrogen) atoms. The first-order valence-corrected chi connectivity index (χ1v) is 5.80. The van der Waals surface area contributed by atoms with Crippen LogP contribution in [0.25, 0.3) is 0 Å². The first-order chi connectivity index (χ1) is 8.15. The summed E-state index contributed by atoms with van der Waals surface area (Å²) >= 11 is 1.25. The Bertz CT molecular complexity index is 617. The van der Waals surface area contributed by atoms with E-state index in [0.717, 1.165) is 5.56 Å². The molecule has 6 nitrogen and oxygen atoms in total. The molecule has 0 fully saturated rings. The van der Waals surface area contributed by atoms with E-state index in [2.05, 4.69) is 15.2 Å². The molecule has 88 valence electrons. The Labute approximate surface area is 100 Å². The lowest BCUT2D eigenvalue weighted by Crippen LogP contribution is -2.24. The minimum atomic E-state index is -0.605. The molecule has 0 aliphatic rings. The van der Waals surface area contributed by atoms with E-state index >= 15 is 0 Å². The van der Waals surface area contributed by atoms with E-state index in [0.29, 0.717) is 11.4 Å². The number of hydrogen-bond donors (Lipinski definition) is 3. The van der Waals surface area contributed by atoms with Crippen molar-refractivity contribution >= 4 is 17.4 Å². The van der Waals surface area contributed by atoms with Crippen molar-refractivity contribution in [1.29, 1.82) is 0 Å². The standard InChI is InChI=1S/C10H10N4O2S/c11-7-3-1-6(2-4-7)5-17-9-8(15)12-10(16)14-13-9/h1-4H,5,11H2,(H2,12,14,15,16). The van der Waals surface area contributed by atoms with Crippen molar-refractivity contribution in [2.45, 2.75) is 10.8 Å². The maximum Gasteiger partial charge on any atom is 0.342 e. The van der Waals surface area contributed by atoms with Crippen LogP contribution in [0.3, 0.4) is 0 Å². The van der Waals surface area contributed by atoms with E-state index in [1.54, 1.807) is 12.1 Å². The van der Waals surface area contributed by atoms with Crippen LogP contribution >= 0.6 is 11.8 Å².